The first-order valence-corrected chi connectivity index (χ1v) is 11.0. The van der Waals surface area contributed by atoms with Crippen molar-refractivity contribution in [1.29, 1.82) is 0 Å². The normalized spacial score (nSPS) is 15.2. The highest BCUT2D eigenvalue weighted by Crippen LogP contribution is 2.31. The standard InChI is InChI=1S/C24H29FN6/c1-3-31(4-2)23-15-21(28-24(29-23)22-16-26-11-12-27-22)18-9-13-30(14-10-18)17-19-7-5-6-8-20(19)25/h5-8,11-12,15-16,18H,3-4,9-10,13-14,17H2,1-2H3. The van der Waals surface area contributed by atoms with Crippen molar-refractivity contribution in [3.05, 3.63) is 66.0 Å². The summed E-state index contributed by atoms with van der Waals surface area (Å²) in [6.45, 7) is 8.53. The van der Waals surface area contributed by atoms with E-state index in [1.807, 2.05) is 12.1 Å². The number of likely N-dealkylation sites (tertiary alicyclic amines) is 1. The van der Waals surface area contributed by atoms with Crippen molar-refractivity contribution in [2.75, 3.05) is 31.1 Å². The molecule has 0 aliphatic carbocycles. The van der Waals surface area contributed by atoms with Gasteiger partial charge in [-0.2, -0.15) is 0 Å². The van der Waals surface area contributed by atoms with Crippen LogP contribution < -0.4 is 4.90 Å². The van der Waals surface area contributed by atoms with Crippen molar-refractivity contribution < 1.29 is 4.39 Å². The van der Waals surface area contributed by atoms with Crippen LogP contribution in [0.15, 0.2) is 48.9 Å². The molecular weight excluding hydrogens is 391 g/mol. The topological polar surface area (TPSA) is 58.0 Å². The van der Waals surface area contributed by atoms with Crippen molar-refractivity contribution in [3.8, 4) is 11.5 Å². The molecule has 3 heterocycles. The zero-order valence-corrected chi connectivity index (χ0v) is 18.2. The summed E-state index contributed by atoms with van der Waals surface area (Å²) in [5.74, 6) is 1.79. The molecule has 4 rings (SSSR count). The van der Waals surface area contributed by atoms with Gasteiger partial charge in [0.2, 0.25) is 0 Å². The fourth-order valence-electron chi connectivity index (χ4n) is 4.15. The van der Waals surface area contributed by atoms with Gasteiger partial charge in [0.25, 0.3) is 0 Å². The molecule has 0 spiro atoms. The second-order valence-electron chi connectivity index (χ2n) is 7.88. The summed E-state index contributed by atoms with van der Waals surface area (Å²) in [4.78, 5) is 22.8. The number of rotatable bonds is 7. The second-order valence-corrected chi connectivity index (χ2v) is 7.88. The lowest BCUT2D eigenvalue weighted by Gasteiger charge is -2.32. The van der Waals surface area contributed by atoms with Crippen LogP contribution in [0.5, 0.6) is 0 Å². The molecule has 1 fully saturated rings. The highest BCUT2D eigenvalue weighted by molar-refractivity contribution is 5.53. The Morgan fingerprint density at radius 3 is 2.52 bits per heavy atom. The van der Waals surface area contributed by atoms with Crippen LogP contribution in [0.3, 0.4) is 0 Å². The van der Waals surface area contributed by atoms with E-state index < -0.39 is 0 Å². The molecule has 0 amide bonds. The number of benzene rings is 1. The van der Waals surface area contributed by atoms with Gasteiger partial charge in [-0.15, -0.1) is 0 Å². The average Bonchev–Trinajstić information content (AvgIpc) is 2.82. The Morgan fingerprint density at radius 2 is 1.84 bits per heavy atom. The smallest absolute Gasteiger partial charge is 0.182 e. The molecule has 1 saturated heterocycles. The molecule has 0 bridgehead atoms. The van der Waals surface area contributed by atoms with Gasteiger partial charge in [0.05, 0.1) is 6.20 Å². The molecule has 0 atom stereocenters. The number of anilines is 1. The number of nitrogens with zero attached hydrogens (tertiary/aromatic N) is 6. The van der Waals surface area contributed by atoms with Crippen molar-refractivity contribution in [2.24, 2.45) is 0 Å². The summed E-state index contributed by atoms with van der Waals surface area (Å²) in [7, 11) is 0. The first-order chi connectivity index (χ1) is 15.2. The molecule has 162 valence electrons. The number of hydrogen-bond donors (Lipinski definition) is 0. The molecule has 0 N–H and O–H groups in total. The van der Waals surface area contributed by atoms with Gasteiger partial charge in [-0.05, 0) is 45.8 Å². The quantitative estimate of drug-likeness (QED) is 0.568. The predicted octanol–water partition coefficient (Wildman–Crippen LogP) is 4.30. The second kappa shape index (κ2) is 9.92. The SMILES string of the molecule is CCN(CC)c1cc(C2CCN(Cc3ccccc3F)CC2)nc(-c2cnccn2)n1. The van der Waals surface area contributed by atoms with E-state index in [0.29, 0.717) is 24.0 Å². The average molecular weight is 421 g/mol. The Balaban J connectivity index is 1.53. The molecule has 0 unspecified atom stereocenters. The molecule has 6 nitrogen and oxygen atoms in total. The van der Waals surface area contributed by atoms with Crippen LogP contribution in [-0.4, -0.2) is 51.0 Å². The predicted molar refractivity (Wildman–Crippen MR) is 120 cm³/mol. The molecule has 1 aliphatic heterocycles. The highest BCUT2D eigenvalue weighted by Gasteiger charge is 2.24. The lowest BCUT2D eigenvalue weighted by Crippen LogP contribution is -2.33. The maximum absolute atomic E-state index is 14.0. The molecule has 0 radical (unpaired) electrons. The van der Waals surface area contributed by atoms with Gasteiger partial charge in [0.15, 0.2) is 5.82 Å². The van der Waals surface area contributed by atoms with Gasteiger partial charge in [-0.25, -0.2) is 19.3 Å². The molecular formula is C24H29FN6. The van der Waals surface area contributed by atoms with E-state index in [2.05, 4.69) is 39.7 Å². The lowest BCUT2D eigenvalue weighted by molar-refractivity contribution is 0.201. The summed E-state index contributed by atoms with van der Waals surface area (Å²) in [5, 5.41) is 0. The van der Waals surface area contributed by atoms with Gasteiger partial charge in [-0.3, -0.25) is 9.88 Å². The third-order valence-electron chi connectivity index (χ3n) is 5.97. The summed E-state index contributed by atoms with van der Waals surface area (Å²) < 4.78 is 14.0. The third kappa shape index (κ3) is 5.05. The van der Waals surface area contributed by atoms with Crippen LogP contribution in [0.2, 0.25) is 0 Å². The van der Waals surface area contributed by atoms with Crippen LogP contribution >= 0.6 is 0 Å². The maximum Gasteiger partial charge on any atom is 0.182 e. The molecule has 0 saturated carbocycles. The summed E-state index contributed by atoms with van der Waals surface area (Å²) in [5.41, 5.74) is 2.51. The van der Waals surface area contributed by atoms with Gasteiger partial charge in [-0.1, -0.05) is 18.2 Å². The zero-order valence-electron chi connectivity index (χ0n) is 18.2. The van der Waals surface area contributed by atoms with Crippen LogP contribution in [0.1, 0.15) is 43.9 Å². The summed E-state index contributed by atoms with van der Waals surface area (Å²) in [6.07, 6.45) is 7.02. The lowest BCUT2D eigenvalue weighted by atomic mass is 9.92. The number of halogens is 1. The van der Waals surface area contributed by atoms with Gasteiger partial charge >= 0.3 is 0 Å². The Kier molecular flexibility index (Phi) is 6.82. The number of hydrogen-bond acceptors (Lipinski definition) is 6. The van der Waals surface area contributed by atoms with Gasteiger partial charge in [0, 0.05) is 55.3 Å². The molecule has 31 heavy (non-hydrogen) atoms. The van der Waals surface area contributed by atoms with Crippen molar-refractivity contribution in [3.63, 3.8) is 0 Å². The zero-order chi connectivity index (χ0) is 21.6. The molecule has 1 aromatic carbocycles. The van der Waals surface area contributed by atoms with Crippen LogP contribution in [0.25, 0.3) is 11.5 Å². The van der Waals surface area contributed by atoms with Crippen LogP contribution in [0.4, 0.5) is 10.2 Å². The Morgan fingerprint density at radius 1 is 1.06 bits per heavy atom. The highest BCUT2D eigenvalue weighted by atomic mass is 19.1. The molecule has 3 aromatic rings. The van der Waals surface area contributed by atoms with E-state index in [-0.39, 0.29) is 5.82 Å². The number of piperidine rings is 1. The van der Waals surface area contributed by atoms with E-state index in [1.165, 1.54) is 6.07 Å². The van der Waals surface area contributed by atoms with Crippen molar-refractivity contribution in [2.45, 2.75) is 39.2 Å². The van der Waals surface area contributed by atoms with Crippen LogP contribution in [0, 0.1) is 5.82 Å². The van der Waals surface area contributed by atoms with E-state index in [0.717, 1.165) is 56.1 Å². The van der Waals surface area contributed by atoms with Gasteiger partial charge < -0.3 is 4.90 Å². The number of aromatic nitrogens is 4. The Bertz CT molecular complexity index is 984. The minimum atomic E-state index is -0.127. The van der Waals surface area contributed by atoms with E-state index >= 15 is 0 Å². The van der Waals surface area contributed by atoms with E-state index in [9.17, 15) is 4.39 Å². The Labute approximate surface area is 183 Å². The fourth-order valence-corrected chi connectivity index (χ4v) is 4.15. The summed E-state index contributed by atoms with van der Waals surface area (Å²) >= 11 is 0. The van der Waals surface area contributed by atoms with Crippen molar-refractivity contribution in [1.82, 2.24) is 24.8 Å². The molecule has 2 aromatic heterocycles. The first kappa shape index (κ1) is 21.3. The van der Waals surface area contributed by atoms with E-state index in [1.54, 1.807) is 24.7 Å². The largest absolute Gasteiger partial charge is 0.357 e. The minimum Gasteiger partial charge on any atom is -0.357 e. The first-order valence-electron chi connectivity index (χ1n) is 11.0. The molecule has 1 aliphatic rings. The maximum atomic E-state index is 14.0. The summed E-state index contributed by atoms with van der Waals surface area (Å²) in [6, 6.07) is 9.17. The van der Waals surface area contributed by atoms with Crippen LogP contribution in [-0.2, 0) is 6.54 Å². The van der Waals surface area contributed by atoms with Crippen molar-refractivity contribution >= 4 is 5.82 Å². The van der Waals surface area contributed by atoms with Gasteiger partial charge in [0.1, 0.15) is 17.3 Å². The monoisotopic (exact) mass is 420 g/mol. The minimum absolute atomic E-state index is 0.127. The van der Waals surface area contributed by atoms with E-state index in [4.69, 9.17) is 9.97 Å². The fraction of sp³-hybridized carbons (Fsp3) is 0.417. The molecule has 7 heteroatoms. The third-order valence-corrected chi connectivity index (χ3v) is 5.97. The Hall–Kier alpha value is -2.93.